The number of nitro benzene ring substituents is 1. The molecule has 0 radical (unpaired) electrons. The van der Waals surface area contributed by atoms with Crippen LogP contribution < -0.4 is 10.6 Å². The van der Waals surface area contributed by atoms with Crippen LogP contribution in [0.2, 0.25) is 0 Å². The van der Waals surface area contributed by atoms with Gasteiger partial charge in [0.25, 0.3) is 5.69 Å². The number of carbonyl (C=O) groups excluding carboxylic acids is 1. The molecule has 8 nitrogen and oxygen atoms in total. The molecule has 1 aliphatic carbocycles. The first-order valence-corrected chi connectivity index (χ1v) is 7.42. The van der Waals surface area contributed by atoms with Gasteiger partial charge in [0.1, 0.15) is 5.69 Å². The molecule has 2 rings (SSSR count). The highest BCUT2D eigenvalue weighted by Crippen LogP contribution is 2.32. The molecule has 0 aliphatic heterocycles. The molecule has 124 valence electrons. The van der Waals surface area contributed by atoms with E-state index in [0.717, 1.165) is 12.8 Å². The fourth-order valence-corrected chi connectivity index (χ4v) is 2.99. The molecule has 3 N–H and O–H groups in total. The molecule has 23 heavy (non-hydrogen) atoms. The van der Waals surface area contributed by atoms with Gasteiger partial charge < -0.3 is 15.7 Å². The van der Waals surface area contributed by atoms with Crippen LogP contribution in [0.3, 0.4) is 0 Å². The Morgan fingerprint density at radius 2 is 1.91 bits per heavy atom. The molecule has 0 heterocycles. The Bertz CT molecular complexity index is 611. The maximum Gasteiger partial charge on any atom is 0.305 e. The molecule has 0 atom stereocenters. The summed E-state index contributed by atoms with van der Waals surface area (Å²) in [6.07, 6.45) is 2.92. The normalized spacial score (nSPS) is 15.8. The number of aliphatic carboxylic acids is 1. The topological polar surface area (TPSA) is 122 Å². The number of amides is 1. The third-order valence-electron chi connectivity index (χ3n) is 4.00. The van der Waals surface area contributed by atoms with Crippen molar-refractivity contribution in [3.05, 3.63) is 34.4 Å². The van der Waals surface area contributed by atoms with Crippen molar-refractivity contribution in [3.63, 3.8) is 0 Å². The molecule has 1 saturated carbocycles. The molecule has 1 aliphatic rings. The maximum atomic E-state index is 12.1. The molecule has 1 fully saturated rings. The van der Waals surface area contributed by atoms with E-state index in [2.05, 4.69) is 10.6 Å². The van der Waals surface area contributed by atoms with Crippen molar-refractivity contribution in [1.82, 2.24) is 5.32 Å². The Balaban J connectivity index is 1.97. The minimum Gasteiger partial charge on any atom is -0.481 e. The van der Waals surface area contributed by atoms with Crippen LogP contribution in [0.25, 0.3) is 0 Å². The van der Waals surface area contributed by atoms with E-state index >= 15 is 0 Å². The predicted molar refractivity (Wildman–Crippen MR) is 83.2 cm³/mol. The second-order valence-corrected chi connectivity index (χ2v) is 5.73. The van der Waals surface area contributed by atoms with Crippen LogP contribution in [-0.2, 0) is 9.59 Å². The smallest absolute Gasteiger partial charge is 0.305 e. The molecular weight excluding hydrogens is 302 g/mol. The number of rotatable bonds is 7. The lowest BCUT2D eigenvalue weighted by molar-refractivity contribution is -0.383. The lowest BCUT2D eigenvalue weighted by Crippen LogP contribution is -2.49. The molecule has 0 spiro atoms. The van der Waals surface area contributed by atoms with Crippen LogP contribution in [-0.4, -0.2) is 34.0 Å². The summed E-state index contributed by atoms with van der Waals surface area (Å²) in [5, 5.41) is 25.5. The lowest BCUT2D eigenvalue weighted by atomic mass is 9.93. The number of carboxylic acid groups (broad SMARTS) is 1. The Labute approximate surface area is 133 Å². The van der Waals surface area contributed by atoms with Crippen LogP contribution in [0.15, 0.2) is 24.3 Å². The van der Waals surface area contributed by atoms with Gasteiger partial charge in [0.05, 0.1) is 23.4 Å². The van der Waals surface area contributed by atoms with Crippen molar-refractivity contribution >= 4 is 23.3 Å². The molecule has 0 bridgehead atoms. The Morgan fingerprint density at radius 3 is 2.52 bits per heavy atom. The molecule has 1 aromatic rings. The van der Waals surface area contributed by atoms with E-state index < -0.39 is 16.4 Å². The summed E-state index contributed by atoms with van der Waals surface area (Å²) >= 11 is 0. The zero-order chi connectivity index (χ0) is 16.9. The third-order valence-corrected chi connectivity index (χ3v) is 4.00. The minimum atomic E-state index is -0.946. The van der Waals surface area contributed by atoms with Gasteiger partial charge in [0.15, 0.2) is 0 Å². The summed E-state index contributed by atoms with van der Waals surface area (Å²) in [7, 11) is 0. The highest BCUT2D eigenvalue weighted by atomic mass is 16.6. The van der Waals surface area contributed by atoms with E-state index in [0.29, 0.717) is 12.8 Å². The van der Waals surface area contributed by atoms with Gasteiger partial charge in [0, 0.05) is 6.07 Å². The fourth-order valence-electron chi connectivity index (χ4n) is 2.99. The van der Waals surface area contributed by atoms with E-state index in [9.17, 15) is 19.7 Å². The predicted octanol–water partition coefficient (Wildman–Crippen LogP) is 1.91. The summed E-state index contributed by atoms with van der Waals surface area (Å²) in [6.45, 7) is -0.147. The Morgan fingerprint density at radius 1 is 1.26 bits per heavy atom. The molecule has 1 amide bonds. The number of anilines is 1. The molecular formula is C15H19N3O5. The molecule has 0 aromatic heterocycles. The van der Waals surface area contributed by atoms with Gasteiger partial charge in [-0.05, 0) is 18.9 Å². The van der Waals surface area contributed by atoms with E-state index in [-0.39, 0.29) is 30.2 Å². The summed E-state index contributed by atoms with van der Waals surface area (Å²) in [6, 6.07) is 6.05. The Kier molecular flexibility index (Phi) is 5.15. The molecule has 0 unspecified atom stereocenters. The molecule has 0 saturated heterocycles. The number of para-hydroxylation sites is 2. The third kappa shape index (κ3) is 4.41. The lowest BCUT2D eigenvalue weighted by Gasteiger charge is -2.28. The molecule has 1 aromatic carbocycles. The summed E-state index contributed by atoms with van der Waals surface area (Å²) in [5.41, 5.74) is -0.555. The van der Waals surface area contributed by atoms with E-state index in [4.69, 9.17) is 5.11 Å². The van der Waals surface area contributed by atoms with Gasteiger partial charge in [-0.25, -0.2) is 0 Å². The number of nitro groups is 1. The van der Waals surface area contributed by atoms with Gasteiger partial charge in [-0.2, -0.15) is 0 Å². The van der Waals surface area contributed by atoms with Crippen LogP contribution in [0.1, 0.15) is 32.1 Å². The Hall–Kier alpha value is -2.64. The fraction of sp³-hybridized carbons (Fsp3) is 0.467. The van der Waals surface area contributed by atoms with E-state index in [1.165, 1.54) is 12.1 Å². The number of carbonyl (C=O) groups is 2. The molecule has 8 heteroatoms. The quantitative estimate of drug-likeness (QED) is 0.521. The van der Waals surface area contributed by atoms with Gasteiger partial charge >= 0.3 is 5.97 Å². The standard InChI is InChI=1S/C15H19N3O5/c19-13(17-15(9-14(20)21)7-3-4-8-15)10-16-11-5-1-2-6-12(11)18(22)23/h1-2,5-6,16H,3-4,7-10H2,(H,17,19)(H,20,21). The highest BCUT2D eigenvalue weighted by Gasteiger charge is 2.37. The van der Waals surface area contributed by atoms with E-state index in [1.807, 2.05) is 0 Å². The summed E-state index contributed by atoms with van der Waals surface area (Å²) < 4.78 is 0. The second kappa shape index (κ2) is 7.08. The first-order valence-electron chi connectivity index (χ1n) is 7.42. The zero-order valence-electron chi connectivity index (χ0n) is 12.6. The largest absolute Gasteiger partial charge is 0.481 e. The van der Waals surface area contributed by atoms with Crippen LogP contribution in [0.4, 0.5) is 11.4 Å². The first kappa shape index (κ1) is 16.7. The first-order chi connectivity index (χ1) is 10.9. The summed E-state index contributed by atoms with van der Waals surface area (Å²) in [4.78, 5) is 33.5. The summed E-state index contributed by atoms with van der Waals surface area (Å²) in [5.74, 6) is -1.31. The minimum absolute atomic E-state index is 0.107. The number of hydrogen-bond acceptors (Lipinski definition) is 5. The number of nitrogens with zero attached hydrogens (tertiary/aromatic N) is 1. The van der Waals surface area contributed by atoms with Gasteiger partial charge in [-0.1, -0.05) is 25.0 Å². The van der Waals surface area contributed by atoms with Crippen LogP contribution >= 0.6 is 0 Å². The average molecular weight is 321 g/mol. The van der Waals surface area contributed by atoms with Crippen molar-refractivity contribution in [2.24, 2.45) is 0 Å². The number of carboxylic acids is 1. The van der Waals surface area contributed by atoms with Crippen molar-refractivity contribution in [1.29, 1.82) is 0 Å². The van der Waals surface area contributed by atoms with Crippen molar-refractivity contribution < 1.29 is 19.6 Å². The van der Waals surface area contributed by atoms with Gasteiger partial charge in [-0.3, -0.25) is 19.7 Å². The number of hydrogen-bond donors (Lipinski definition) is 3. The van der Waals surface area contributed by atoms with Gasteiger partial charge in [0.2, 0.25) is 5.91 Å². The second-order valence-electron chi connectivity index (χ2n) is 5.73. The number of nitrogens with one attached hydrogen (secondary N) is 2. The SMILES string of the molecule is O=C(O)CC1(NC(=O)CNc2ccccc2[N+](=O)[O-])CCCC1. The van der Waals surface area contributed by atoms with Crippen LogP contribution in [0.5, 0.6) is 0 Å². The maximum absolute atomic E-state index is 12.1. The van der Waals surface area contributed by atoms with Crippen molar-refractivity contribution in [2.75, 3.05) is 11.9 Å². The highest BCUT2D eigenvalue weighted by molar-refractivity contribution is 5.83. The van der Waals surface area contributed by atoms with Crippen molar-refractivity contribution in [3.8, 4) is 0 Å². The van der Waals surface area contributed by atoms with Gasteiger partial charge in [-0.15, -0.1) is 0 Å². The monoisotopic (exact) mass is 321 g/mol. The van der Waals surface area contributed by atoms with E-state index in [1.54, 1.807) is 12.1 Å². The number of benzene rings is 1. The van der Waals surface area contributed by atoms with Crippen LogP contribution in [0, 0.1) is 10.1 Å². The van der Waals surface area contributed by atoms with Crippen molar-refractivity contribution in [2.45, 2.75) is 37.6 Å². The zero-order valence-corrected chi connectivity index (χ0v) is 12.6. The average Bonchev–Trinajstić information content (AvgIpc) is 2.92.